The van der Waals surface area contributed by atoms with Crippen LogP contribution in [0.2, 0.25) is 0 Å². The van der Waals surface area contributed by atoms with Crippen LogP contribution in [0.3, 0.4) is 0 Å². The minimum atomic E-state index is -0.603. The van der Waals surface area contributed by atoms with Gasteiger partial charge in [0.2, 0.25) is 0 Å². The molecule has 0 bridgehead atoms. The third kappa shape index (κ3) is 4.65. The van der Waals surface area contributed by atoms with Crippen LogP contribution >= 0.6 is 0 Å². The molecule has 0 amide bonds. The van der Waals surface area contributed by atoms with Crippen LogP contribution in [-0.4, -0.2) is 22.4 Å². The van der Waals surface area contributed by atoms with Crippen molar-refractivity contribution in [2.45, 2.75) is 32.4 Å². The van der Waals surface area contributed by atoms with Gasteiger partial charge in [0.25, 0.3) is 0 Å². The largest absolute Gasteiger partial charge is 0.390 e. The molecule has 0 fully saturated rings. The molecule has 1 aromatic heterocycles. The number of aromatic nitrogens is 1. The van der Waals surface area contributed by atoms with Gasteiger partial charge in [-0.05, 0) is 26.8 Å². The highest BCUT2D eigenvalue weighted by Gasteiger charge is 2.10. The second kappa shape index (κ2) is 4.39. The van der Waals surface area contributed by atoms with E-state index >= 15 is 0 Å². The van der Waals surface area contributed by atoms with Gasteiger partial charge in [-0.25, -0.2) is 0 Å². The summed E-state index contributed by atoms with van der Waals surface area (Å²) in [6.45, 7) is 5.02. The molecule has 1 rings (SSSR count). The lowest BCUT2D eigenvalue weighted by molar-refractivity contribution is 0.0709. The zero-order valence-corrected chi connectivity index (χ0v) is 8.08. The van der Waals surface area contributed by atoms with Crippen LogP contribution in [0.4, 0.5) is 0 Å². The molecule has 0 aliphatic heterocycles. The fraction of sp³-hybridized carbons (Fsp3) is 0.667. The Balaban J connectivity index is 2.09. The van der Waals surface area contributed by atoms with E-state index in [1.165, 1.54) is 0 Å². The van der Waals surface area contributed by atoms with Crippen LogP contribution in [0.25, 0.3) is 0 Å². The van der Waals surface area contributed by atoms with E-state index < -0.39 is 5.60 Å². The lowest BCUT2D eigenvalue weighted by atomic mass is 10.1. The lowest BCUT2D eigenvalue weighted by Gasteiger charge is -2.16. The highest BCUT2D eigenvalue weighted by molar-refractivity contribution is 4.91. The molecule has 0 aliphatic carbocycles. The van der Waals surface area contributed by atoms with Crippen molar-refractivity contribution in [3.8, 4) is 0 Å². The van der Waals surface area contributed by atoms with Gasteiger partial charge in [0, 0.05) is 6.07 Å². The molecule has 4 heteroatoms. The van der Waals surface area contributed by atoms with Crippen LogP contribution in [0.1, 0.15) is 26.0 Å². The Morgan fingerprint density at radius 2 is 2.38 bits per heavy atom. The lowest BCUT2D eigenvalue weighted by Crippen LogP contribution is -2.26. The third-order valence-corrected chi connectivity index (χ3v) is 1.70. The van der Waals surface area contributed by atoms with Gasteiger partial charge < -0.3 is 14.9 Å². The SMILES string of the molecule is CC(C)(O)CCNCc1ccno1. The van der Waals surface area contributed by atoms with Gasteiger partial charge in [0.15, 0.2) is 0 Å². The fourth-order valence-electron chi connectivity index (χ4n) is 0.939. The van der Waals surface area contributed by atoms with Gasteiger partial charge in [-0.15, -0.1) is 0 Å². The van der Waals surface area contributed by atoms with Gasteiger partial charge in [0.05, 0.1) is 18.3 Å². The zero-order chi connectivity index (χ0) is 9.73. The Morgan fingerprint density at radius 1 is 1.62 bits per heavy atom. The number of hydrogen-bond donors (Lipinski definition) is 2. The number of nitrogens with zero attached hydrogens (tertiary/aromatic N) is 1. The van der Waals surface area contributed by atoms with E-state index in [4.69, 9.17) is 4.52 Å². The zero-order valence-electron chi connectivity index (χ0n) is 8.08. The first-order valence-corrected chi connectivity index (χ1v) is 4.40. The molecule has 0 saturated carbocycles. The quantitative estimate of drug-likeness (QED) is 0.668. The maximum absolute atomic E-state index is 9.40. The molecule has 0 spiro atoms. The van der Waals surface area contributed by atoms with Crippen molar-refractivity contribution in [1.82, 2.24) is 10.5 Å². The van der Waals surface area contributed by atoms with Gasteiger partial charge in [-0.1, -0.05) is 5.16 Å². The van der Waals surface area contributed by atoms with E-state index in [0.29, 0.717) is 6.54 Å². The minimum Gasteiger partial charge on any atom is -0.390 e. The fourth-order valence-corrected chi connectivity index (χ4v) is 0.939. The van der Waals surface area contributed by atoms with E-state index in [2.05, 4.69) is 10.5 Å². The molecule has 0 unspecified atom stereocenters. The molecular weight excluding hydrogens is 168 g/mol. The summed E-state index contributed by atoms with van der Waals surface area (Å²) in [7, 11) is 0. The molecule has 0 saturated heterocycles. The van der Waals surface area contributed by atoms with Crippen LogP contribution in [0, 0.1) is 0 Å². The third-order valence-electron chi connectivity index (χ3n) is 1.70. The monoisotopic (exact) mass is 184 g/mol. The highest BCUT2D eigenvalue weighted by Crippen LogP contribution is 2.05. The Bertz CT molecular complexity index is 226. The van der Waals surface area contributed by atoms with Crippen molar-refractivity contribution in [1.29, 1.82) is 0 Å². The Kier molecular flexibility index (Phi) is 3.45. The maximum atomic E-state index is 9.40. The molecule has 0 aromatic carbocycles. The predicted octanol–water partition coefficient (Wildman–Crippen LogP) is 0.925. The standard InChI is InChI=1S/C9H16N2O2/c1-9(2,12)4-6-10-7-8-3-5-11-13-8/h3,5,10,12H,4,6-7H2,1-2H3. The number of aliphatic hydroxyl groups is 1. The normalized spacial score (nSPS) is 11.9. The number of rotatable bonds is 5. The first-order chi connectivity index (χ1) is 6.08. The molecule has 0 radical (unpaired) electrons. The summed E-state index contributed by atoms with van der Waals surface area (Å²) in [4.78, 5) is 0. The molecule has 4 nitrogen and oxygen atoms in total. The van der Waals surface area contributed by atoms with Crippen LogP contribution in [0.15, 0.2) is 16.8 Å². The maximum Gasteiger partial charge on any atom is 0.150 e. The van der Waals surface area contributed by atoms with E-state index in [0.717, 1.165) is 18.7 Å². The van der Waals surface area contributed by atoms with Crippen molar-refractivity contribution >= 4 is 0 Å². The summed E-state index contributed by atoms with van der Waals surface area (Å²) in [5.74, 6) is 0.816. The molecule has 74 valence electrons. The van der Waals surface area contributed by atoms with Gasteiger partial charge in [-0.3, -0.25) is 0 Å². The second-order valence-electron chi connectivity index (χ2n) is 3.72. The molecular formula is C9H16N2O2. The first-order valence-electron chi connectivity index (χ1n) is 4.40. The molecule has 1 aromatic rings. The van der Waals surface area contributed by atoms with Crippen molar-refractivity contribution < 1.29 is 9.63 Å². The second-order valence-corrected chi connectivity index (χ2v) is 3.72. The summed E-state index contributed by atoms with van der Waals surface area (Å²) in [6, 6.07) is 1.82. The van der Waals surface area contributed by atoms with Crippen molar-refractivity contribution in [3.63, 3.8) is 0 Å². The average molecular weight is 184 g/mol. The smallest absolute Gasteiger partial charge is 0.150 e. The van der Waals surface area contributed by atoms with Crippen LogP contribution < -0.4 is 5.32 Å². The highest BCUT2D eigenvalue weighted by atomic mass is 16.5. The van der Waals surface area contributed by atoms with Gasteiger partial charge in [-0.2, -0.15) is 0 Å². The van der Waals surface area contributed by atoms with Crippen molar-refractivity contribution in [2.75, 3.05) is 6.54 Å². The number of nitrogens with one attached hydrogen (secondary N) is 1. The summed E-state index contributed by atoms with van der Waals surface area (Å²) < 4.78 is 4.89. The minimum absolute atomic E-state index is 0.603. The molecule has 13 heavy (non-hydrogen) atoms. The van der Waals surface area contributed by atoms with Crippen molar-refractivity contribution in [2.24, 2.45) is 0 Å². The molecule has 2 N–H and O–H groups in total. The van der Waals surface area contributed by atoms with E-state index in [1.54, 1.807) is 20.0 Å². The molecule has 0 aliphatic rings. The predicted molar refractivity (Wildman–Crippen MR) is 49.1 cm³/mol. The Morgan fingerprint density at radius 3 is 2.92 bits per heavy atom. The average Bonchev–Trinajstić information content (AvgIpc) is 2.48. The number of hydrogen-bond acceptors (Lipinski definition) is 4. The Hall–Kier alpha value is -0.870. The summed E-state index contributed by atoms with van der Waals surface area (Å²) in [6.07, 6.45) is 2.34. The summed E-state index contributed by atoms with van der Waals surface area (Å²) >= 11 is 0. The summed E-state index contributed by atoms with van der Waals surface area (Å²) in [5, 5.41) is 16.1. The van der Waals surface area contributed by atoms with Crippen LogP contribution in [0.5, 0.6) is 0 Å². The van der Waals surface area contributed by atoms with Gasteiger partial charge in [0.1, 0.15) is 5.76 Å². The van der Waals surface area contributed by atoms with Crippen molar-refractivity contribution in [3.05, 3.63) is 18.0 Å². The van der Waals surface area contributed by atoms with Gasteiger partial charge >= 0.3 is 0 Å². The van der Waals surface area contributed by atoms with Crippen LogP contribution in [-0.2, 0) is 6.54 Å². The Labute approximate surface area is 77.9 Å². The van der Waals surface area contributed by atoms with E-state index in [9.17, 15) is 5.11 Å². The molecule has 1 heterocycles. The van der Waals surface area contributed by atoms with E-state index in [1.807, 2.05) is 6.07 Å². The first kappa shape index (κ1) is 10.2. The summed E-state index contributed by atoms with van der Waals surface area (Å²) in [5.41, 5.74) is -0.603. The molecule has 0 atom stereocenters. The topological polar surface area (TPSA) is 58.3 Å². The van der Waals surface area contributed by atoms with E-state index in [-0.39, 0.29) is 0 Å².